The molecule has 1 aromatic carbocycles. The third-order valence-corrected chi connectivity index (χ3v) is 5.53. The van der Waals surface area contributed by atoms with Crippen LogP contribution < -0.4 is 0 Å². The summed E-state index contributed by atoms with van der Waals surface area (Å²) in [7, 11) is 0. The maximum atomic E-state index is 10.6. The Bertz CT molecular complexity index is 640. The Morgan fingerprint density at radius 2 is 1.95 bits per heavy atom. The van der Waals surface area contributed by atoms with Crippen LogP contribution in [0.2, 0.25) is 0 Å². The summed E-state index contributed by atoms with van der Waals surface area (Å²) in [6, 6.07) is 5.82. The Balaban J connectivity index is 2.33. The summed E-state index contributed by atoms with van der Waals surface area (Å²) in [6.45, 7) is 4.93. The molecule has 0 aliphatic rings. The number of rotatable bonds is 5. The molecule has 1 aromatic heterocycles. The number of hydrogen-bond donors (Lipinski definition) is 1. The van der Waals surface area contributed by atoms with Crippen molar-refractivity contribution in [2.45, 2.75) is 39.3 Å². The van der Waals surface area contributed by atoms with Gasteiger partial charge in [-0.05, 0) is 53.0 Å². The van der Waals surface area contributed by atoms with Crippen molar-refractivity contribution in [1.29, 1.82) is 0 Å². The minimum atomic E-state index is -0.583. The lowest BCUT2D eigenvalue weighted by atomic mass is 10.0. The minimum absolute atomic E-state index is 0.524. The van der Waals surface area contributed by atoms with E-state index < -0.39 is 6.10 Å². The maximum Gasteiger partial charge on any atom is 0.0857 e. The third kappa shape index (κ3) is 3.78. The molecular weight excluding hydrogens is 464 g/mol. The van der Waals surface area contributed by atoms with Gasteiger partial charge in [-0.2, -0.15) is 5.10 Å². The van der Waals surface area contributed by atoms with Crippen molar-refractivity contribution >= 4 is 47.8 Å². The van der Waals surface area contributed by atoms with Gasteiger partial charge in [0.05, 0.1) is 22.0 Å². The second-order valence-electron chi connectivity index (χ2n) is 4.76. The summed E-state index contributed by atoms with van der Waals surface area (Å²) in [4.78, 5) is 0. The Labute approximate surface area is 150 Å². The first-order valence-electron chi connectivity index (χ1n) is 6.84. The fraction of sp³-hybridized carbons (Fsp3) is 0.400. The van der Waals surface area contributed by atoms with E-state index in [2.05, 4.69) is 66.7 Å². The van der Waals surface area contributed by atoms with Gasteiger partial charge in [0, 0.05) is 21.9 Å². The number of nitrogens with zero attached hydrogens (tertiary/aromatic N) is 2. The average molecular weight is 481 g/mol. The van der Waals surface area contributed by atoms with Crippen molar-refractivity contribution in [3.05, 3.63) is 48.6 Å². The van der Waals surface area contributed by atoms with E-state index in [1.54, 1.807) is 0 Å². The van der Waals surface area contributed by atoms with Crippen molar-refractivity contribution in [1.82, 2.24) is 9.78 Å². The fourth-order valence-corrected chi connectivity index (χ4v) is 3.89. The molecule has 2 aromatic rings. The van der Waals surface area contributed by atoms with Crippen LogP contribution in [0.1, 0.15) is 36.9 Å². The van der Waals surface area contributed by atoms with Gasteiger partial charge in [-0.1, -0.05) is 38.8 Å². The van der Waals surface area contributed by atoms with Crippen LogP contribution >= 0.6 is 47.8 Å². The second kappa shape index (κ2) is 7.40. The van der Waals surface area contributed by atoms with Gasteiger partial charge in [0.1, 0.15) is 0 Å². The smallest absolute Gasteiger partial charge is 0.0857 e. The Kier molecular flexibility index (Phi) is 6.05. The van der Waals surface area contributed by atoms with Gasteiger partial charge in [0.25, 0.3) is 0 Å². The topological polar surface area (TPSA) is 38.0 Å². The van der Waals surface area contributed by atoms with Crippen LogP contribution in [0.3, 0.4) is 0 Å². The summed E-state index contributed by atoms with van der Waals surface area (Å²) < 4.78 is 4.83. The zero-order valence-electron chi connectivity index (χ0n) is 11.9. The molecule has 0 amide bonds. The lowest BCUT2D eigenvalue weighted by molar-refractivity contribution is 0.174. The molecule has 1 atom stereocenters. The zero-order chi connectivity index (χ0) is 15.6. The van der Waals surface area contributed by atoms with E-state index >= 15 is 0 Å². The Morgan fingerprint density at radius 3 is 2.57 bits per heavy atom. The molecule has 0 fully saturated rings. The molecule has 0 bridgehead atoms. The summed E-state index contributed by atoms with van der Waals surface area (Å²) >= 11 is 10.6. The monoisotopic (exact) mass is 478 g/mol. The number of aliphatic hydroxyl groups is 1. The van der Waals surface area contributed by atoms with Crippen LogP contribution in [-0.4, -0.2) is 14.9 Å². The average Bonchev–Trinajstić information content (AvgIpc) is 2.77. The van der Waals surface area contributed by atoms with Crippen LogP contribution in [0.25, 0.3) is 0 Å². The minimum Gasteiger partial charge on any atom is -0.388 e. The summed E-state index contributed by atoms with van der Waals surface area (Å²) in [5.74, 6) is 0. The van der Waals surface area contributed by atoms with Gasteiger partial charge in [0.2, 0.25) is 0 Å². The van der Waals surface area contributed by atoms with E-state index in [0.29, 0.717) is 6.42 Å². The van der Waals surface area contributed by atoms with E-state index in [9.17, 15) is 5.11 Å². The van der Waals surface area contributed by atoms with Crippen LogP contribution in [0.5, 0.6) is 0 Å². The maximum absolute atomic E-state index is 10.6. The van der Waals surface area contributed by atoms with Crippen LogP contribution in [-0.2, 0) is 19.4 Å². The van der Waals surface area contributed by atoms with Crippen molar-refractivity contribution in [3.8, 4) is 0 Å². The van der Waals surface area contributed by atoms with E-state index in [1.165, 1.54) is 0 Å². The van der Waals surface area contributed by atoms with Gasteiger partial charge in [-0.3, -0.25) is 4.68 Å². The summed E-state index contributed by atoms with van der Waals surface area (Å²) in [6.07, 6.45) is 0.813. The van der Waals surface area contributed by atoms with Gasteiger partial charge in [0.15, 0.2) is 0 Å². The molecule has 0 saturated heterocycles. The standard InChI is InChI=1S/C15H17Br3N2O/c1-3-12-15(18)13(20(4-2)19-12)8-14(21)10-7-9(16)5-6-11(10)17/h5-7,14,21H,3-4,8H2,1-2H3. The van der Waals surface area contributed by atoms with Crippen LogP contribution in [0, 0.1) is 0 Å². The predicted octanol–water partition coefficient (Wildman–Crippen LogP) is 5.03. The first kappa shape index (κ1) is 17.2. The number of aliphatic hydroxyl groups excluding tert-OH is 1. The molecule has 3 nitrogen and oxygen atoms in total. The molecule has 21 heavy (non-hydrogen) atoms. The molecule has 0 spiro atoms. The lowest BCUT2D eigenvalue weighted by Crippen LogP contribution is -2.09. The van der Waals surface area contributed by atoms with Crippen molar-refractivity contribution in [2.75, 3.05) is 0 Å². The molecule has 0 aliphatic heterocycles. The number of aromatic nitrogens is 2. The molecule has 1 N–H and O–H groups in total. The molecule has 0 saturated carbocycles. The number of benzene rings is 1. The summed E-state index contributed by atoms with van der Waals surface area (Å²) in [5.41, 5.74) is 2.94. The van der Waals surface area contributed by atoms with E-state index in [0.717, 1.165) is 43.3 Å². The molecule has 114 valence electrons. The molecule has 2 rings (SSSR count). The van der Waals surface area contributed by atoms with Gasteiger partial charge < -0.3 is 5.11 Å². The van der Waals surface area contributed by atoms with Crippen LogP contribution in [0.4, 0.5) is 0 Å². The number of halogens is 3. The molecular formula is C15H17Br3N2O. The molecule has 0 radical (unpaired) electrons. The highest BCUT2D eigenvalue weighted by Crippen LogP contribution is 2.32. The zero-order valence-corrected chi connectivity index (χ0v) is 16.7. The number of aryl methyl sites for hydroxylation is 2. The van der Waals surface area contributed by atoms with Crippen molar-refractivity contribution in [3.63, 3.8) is 0 Å². The highest BCUT2D eigenvalue weighted by atomic mass is 79.9. The Hall–Kier alpha value is -0.170. The SMILES string of the molecule is CCc1nn(CC)c(CC(O)c2cc(Br)ccc2Br)c1Br. The molecule has 1 heterocycles. The Morgan fingerprint density at radius 1 is 1.24 bits per heavy atom. The quantitative estimate of drug-likeness (QED) is 0.651. The van der Waals surface area contributed by atoms with Gasteiger partial charge in [-0.15, -0.1) is 0 Å². The highest BCUT2D eigenvalue weighted by Gasteiger charge is 2.19. The van der Waals surface area contributed by atoms with Crippen molar-refractivity contribution < 1.29 is 5.11 Å². The van der Waals surface area contributed by atoms with Gasteiger partial charge in [-0.25, -0.2) is 0 Å². The largest absolute Gasteiger partial charge is 0.388 e. The first-order valence-corrected chi connectivity index (χ1v) is 9.22. The molecule has 1 unspecified atom stereocenters. The van der Waals surface area contributed by atoms with Crippen molar-refractivity contribution in [2.24, 2.45) is 0 Å². The molecule has 0 aliphatic carbocycles. The highest BCUT2D eigenvalue weighted by molar-refractivity contribution is 9.11. The van der Waals surface area contributed by atoms with E-state index in [4.69, 9.17) is 0 Å². The summed E-state index contributed by atoms with van der Waals surface area (Å²) in [5, 5.41) is 15.2. The van der Waals surface area contributed by atoms with Gasteiger partial charge >= 0.3 is 0 Å². The number of hydrogen-bond acceptors (Lipinski definition) is 2. The predicted molar refractivity (Wildman–Crippen MR) is 95.5 cm³/mol. The van der Waals surface area contributed by atoms with E-state index in [1.807, 2.05) is 22.9 Å². The second-order valence-corrected chi connectivity index (χ2v) is 7.33. The third-order valence-electron chi connectivity index (χ3n) is 3.40. The lowest BCUT2D eigenvalue weighted by Gasteiger charge is -2.14. The normalized spacial score (nSPS) is 12.7. The first-order chi connectivity index (χ1) is 9.97. The fourth-order valence-electron chi connectivity index (χ4n) is 2.28. The molecule has 6 heteroatoms. The van der Waals surface area contributed by atoms with E-state index in [-0.39, 0.29) is 0 Å². The van der Waals surface area contributed by atoms with Crippen LogP contribution in [0.15, 0.2) is 31.6 Å².